The van der Waals surface area contributed by atoms with E-state index in [1.165, 1.54) is 0 Å². The van der Waals surface area contributed by atoms with Gasteiger partial charge in [-0.3, -0.25) is 10.2 Å². The van der Waals surface area contributed by atoms with Crippen molar-refractivity contribution in [1.82, 2.24) is 10.4 Å². The molecule has 0 fully saturated rings. The zero-order chi connectivity index (χ0) is 9.84. The summed E-state index contributed by atoms with van der Waals surface area (Å²) in [5.74, 6) is 5.31. The first-order valence-corrected chi connectivity index (χ1v) is 3.80. The minimum atomic E-state index is -0.385. The Hall–Kier alpha value is -1.62. The van der Waals surface area contributed by atoms with Crippen molar-refractivity contribution < 1.29 is 4.79 Å². The van der Waals surface area contributed by atoms with Crippen molar-refractivity contribution >= 4 is 11.7 Å². The van der Waals surface area contributed by atoms with Crippen LogP contribution in [0.15, 0.2) is 18.2 Å². The Balaban J connectivity index is 2.98. The molecule has 0 saturated carbocycles. The van der Waals surface area contributed by atoms with Gasteiger partial charge < -0.3 is 4.90 Å². The average Bonchev–Trinajstić information content (AvgIpc) is 2.17. The average molecular weight is 180 g/mol. The molecule has 3 N–H and O–H groups in total. The van der Waals surface area contributed by atoms with E-state index >= 15 is 0 Å². The number of amides is 1. The number of nitrogen functional groups attached to an aromatic ring is 1. The lowest BCUT2D eigenvalue weighted by molar-refractivity contribution is 0.0949. The highest BCUT2D eigenvalue weighted by molar-refractivity contribution is 5.92. The second kappa shape index (κ2) is 3.86. The van der Waals surface area contributed by atoms with Crippen LogP contribution in [0.4, 0.5) is 5.82 Å². The molecule has 0 atom stereocenters. The molecule has 1 amide bonds. The van der Waals surface area contributed by atoms with Gasteiger partial charge in [-0.2, -0.15) is 0 Å². The summed E-state index contributed by atoms with van der Waals surface area (Å²) in [6, 6.07) is 5.18. The summed E-state index contributed by atoms with van der Waals surface area (Å²) in [5, 5.41) is 0. The number of aromatic nitrogens is 1. The van der Waals surface area contributed by atoms with E-state index in [0.29, 0.717) is 5.69 Å². The highest BCUT2D eigenvalue weighted by Gasteiger charge is 2.05. The van der Waals surface area contributed by atoms with Crippen LogP contribution in [0, 0.1) is 0 Å². The maximum absolute atomic E-state index is 11.1. The molecule has 0 aliphatic rings. The van der Waals surface area contributed by atoms with E-state index in [9.17, 15) is 4.79 Å². The second-order valence-corrected chi connectivity index (χ2v) is 2.75. The van der Waals surface area contributed by atoms with E-state index in [2.05, 4.69) is 4.98 Å². The van der Waals surface area contributed by atoms with E-state index in [4.69, 9.17) is 5.84 Å². The number of carbonyl (C=O) groups is 1. The van der Waals surface area contributed by atoms with Crippen molar-refractivity contribution in [3.05, 3.63) is 23.9 Å². The molecule has 1 aromatic rings. The maximum Gasteiger partial charge on any atom is 0.283 e. The molecule has 1 aromatic heterocycles. The van der Waals surface area contributed by atoms with E-state index in [1.54, 1.807) is 12.1 Å². The van der Waals surface area contributed by atoms with Crippen LogP contribution in [0.25, 0.3) is 0 Å². The summed E-state index contributed by atoms with van der Waals surface area (Å²) in [6.45, 7) is 0. The van der Waals surface area contributed by atoms with Gasteiger partial charge in [0.1, 0.15) is 11.5 Å². The molecule has 0 aliphatic carbocycles. The molecule has 5 heteroatoms. The molecule has 0 radical (unpaired) electrons. The van der Waals surface area contributed by atoms with E-state index in [0.717, 1.165) is 5.82 Å². The minimum Gasteiger partial charge on any atom is -0.363 e. The Labute approximate surface area is 76.5 Å². The number of anilines is 1. The minimum absolute atomic E-state index is 0.314. The Morgan fingerprint density at radius 1 is 1.54 bits per heavy atom. The number of hydrogen-bond acceptors (Lipinski definition) is 4. The molecule has 0 aliphatic heterocycles. The van der Waals surface area contributed by atoms with Crippen molar-refractivity contribution in [3.8, 4) is 0 Å². The summed E-state index contributed by atoms with van der Waals surface area (Å²) in [7, 11) is 3.71. The highest BCUT2D eigenvalue weighted by Crippen LogP contribution is 2.07. The van der Waals surface area contributed by atoms with Crippen molar-refractivity contribution in [3.63, 3.8) is 0 Å². The monoisotopic (exact) mass is 180 g/mol. The fourth-order valence-electron chi connectivity index (χ4n) is 0.873. The molecule has 0 unspecified atom stereocenters. The van der Waals surface area contributed by atoms with Gasteiger partial charge in [-0.25, -0.2) is 10.8 Å². The van der Waals surface area contributed by atoms with Gasteiger partial charge in [0, 0.05) is 14.1 Å². The quantitative estimate of drug-likeness (QED) is 0.374. The first-order valence-electron chi connectivity index (χ1n) is 3.80. The zero-order valence-electron chi connectivity index (χ0n) is 7.61. The van der Waals surface area contributed by atoms with Gasteiger partial charge in [0.25, 0.3) is 5.91 Å². The predicted octanol–water partition coefficient (Wildman–Crippen LogP) is -0.249. The van der Waals surface area contributed by atoms with Gasteiger partial charge in [0.15, 0.2) is 0 Å². The Kier molecular flexibility index (Phi) is 2.81. The van der Waals surface area contributed by atoms with Gasteiger partial charge in [0.05, 0.1) is 0 Å². The van der Waals surface area contributed by atoms with Crippen LogP contribution < -0.4 is 16.2 Å². The third-order valence-corrected chi connectivity index (χ3v) is 1.56. The fourth-order valence-corrected chi connectivity index (χ4v) is 0.873. The Bertz CT molecular complexity index is 311. The van der Waals surface area contributed by atoms with Crippen LogP contribution in [0.5, 0.6) is 0 Å². The summed E-state index contributed by atoms with van der Waals surface area (Å²) >= 11 is 0. The van der Waals surface area contributed by atoms with Crippen LogP contribution in [0.1, 0.15) is 10.5 Å². The number of pyridine rings is 1. The lowest BCUT2D eigenvalue weighted by Crippen LogP contribution is -2.31. The van der Waals surface area contributed by atoms with E-state index < -0.39 is 0 Å². The molecular formula is C8H12N4O. The van der Waals surface area contributed by atoms with Gasteiger partial charge in [-0.05, 0) is 12.1 Å². The number of nitrogens with two attached hydrogens (primary N) is 1. The molecule has 70 valence electrons. The van der Waals surface area contributed by atoms with E-state index in [1.807, 2.05) is 30.5 Å². The lowest BCUT2D eigenvalue weighted by Gasteiger charge is -2.11. The standard InChI is InChI=1S/C8H12N4O/c1-12(2)7-5-3-4-6(10-7)8(13)11-9/h3-5H,9H2,1-2H3,(H,11,13). The number of hydrazine groups is 1. The summed E-state index contributed by atoms with van der Waals surface area (Å²) in [4.78, 5) is 17.0. The largest absolute Gasteiger partial charge is 0.363 e. The van der Waals surface area contributed by atoms with E-state index in [-0.39, 0.29) is 5.91 Å². The molecule has 1 rings (SSSR count). The molecule has 13 heavy (non-hydrogen) atoms. The number of nitrogens with zero attached hydrogens (tertiary/aromatic N) is 2. The third kappa shape index (κ3) is 2.16. The highest BCUT2D eigenvalue weighted by atomic mass is 16.2. The summed E-state index contributed by atoms with van der Waals surface area (Å²) < 4.78 is 0. The summed E-state index contributed by atoms with van der Waals surface area (Å²) in [5.41, 5.74) is 2.34. The number of carbonyl (C=O) groups excluding carboxylic acids is 1. The molecule has 1 heterocycles. The predicted molar refractivity (Wildman–Crippen MR) is 50.2 cm³/mol. The molecule has 0 saturated heterocycles. The van der Waals surface area contributed by atoms with Gasteiger partial charge in [-0.15, -0.1) is 0 Å². The SMILES string of the molecule is CN(C)c1cccc(C(=O)NN)n1. The van der Waals surface area contributed by atoms with Crippen molar-refractivity contribution in [2.75, 3.05) is 19.0 Å². The van der Waals surface area contributed by atoms with Crippen LogP contribution in [-0.2, 0) is 0 Å². The van der Waals surface area contributed by atoms with Crippen LogP contribution in [0.3, 0.4) is 0 Å². The van der Waals surface area contributed by atoms with Crippen LogP contribution in [0.2, 0.25) is 0 Å². The molecular weight excluding hydrogens is 168 g/mol. The smallest absolute Gasteiger partial charge is 0.283 e. The molecule has 0 spiro atoms. The maximum atomic E-state index is 11.1. The first-order chi connectivity index (χ1) is 6.15. The van der Waals surface area contributed by atoms with Crippen molar-refractivity contribution in [1.29, 1.82) is 0 Å². The number of hydrogen-bond donors (Lipinski definition) is 2. The van der Waals surface area contributed by atoms with Crippen molar-refractivity contribution in [2.24, 2.45) is 5.84 Å². The first kappa shape index (κ1) is 9.47. The van der Waals surface area contributed by atoms with Gasteiger partial charge in [-0.1, -0.05) is 6.07 Å². The van der Waals surface area contributed by atoms with Crippen molar-refractivity contribution in [2.45, 2.75) is 0 Å². The Morgan fingerprint density at radius 2 is 2.23 bits per heavy atom. The zero-order valence-corrected chi connectivity index (χ0v) is 7.61. The topological polar surface area (TPSA) is 71.2 Å². The number of rotatable bonds is 2. The fraction of sp³-hybridized carbons (Fsp3) is 0.250. The third-order valence-electron chi connectivity index (χ3n) is 1.56. The van der Waals surface area contributed by atoms with Gasteiger partial charge >= 0.3 is 0 Å². The van der Waals surface area contributed by atoms with Gasteiger partial charge in [0.2, 0.25) is 0 Å². The Morgan fingerprint density at radius 3 is 2.77 bits per heavy atom. The summed E-state index contributed by atoms with van der Waals surface area (Å²) in [6.07, 6.45) is 0. The molecule has 5 nitrogen and oxygen atoms in total. The van der Waals surface area contributed by atoms with Crippen LogP contribution >= 0.6 is 0 Å². The number of nitrogens with one attached hydrogen (secondary N) is 1. The normalized spacial score (nSPS) is 9.46. The van der Waals surface area contributed by atoms with Crippen LogP contribution in [-0.4, -0.2) is 25.0 Å². The lowest BCUT2D eigenvalue weighted by atomic mass is 10.3. The molecule has 0 aromatic carbocycles. The molecule has 0 bridgehead atoms. The second-order valence-electron chi connectivity index (χ2n) is 2.75.